The van der Waals surface area contributed by atoms with Crippen LogP contribution in [0.2, 0.25) is 0 Å². The number of hydrogen-bond acceptors (Lipinski definition) is 6. The van der Waals surface area contributed by atoms with Crippen LogP contribution in [-0.4, -0.2) is 37.2 Å². The number of carbonyl (C=O) groups is 3. The van der Waals surface area contributed by atoms with E-state index in [4.69, 9.17) is 14.2 Å². The Morgan fingerprint density at radius 3 is 0.823 bits per heavy atom. The number of unbranched alkanes of at least 4 members (excludes halogenated alkanes) is 19. The third-order valence-electron chi connectivity index (χ3n) is 13.0. The molecular weight excluding hydrogens is 973 g/mol. The number of hydrogen-bond donors (Lipinski definition) is 0. The summed E-state index contributed by atoms with van der Waals surface area (Å²) in [7, 11) is 0. The lowest BCUT2D eigenvalue weighted by Crippen LogP contribution is -2.30. The van der Waals surface area contributed by atoms with Gasteiger partial charge in [0.15, 0.2) is 6.10 Å². The smallest absolute Gasteiger partial charge is 0.306 e. The Hall–Kier alpha value is -4.97. The molecule has 0 heterocycles. The van der Waals surface area contributed by atoms with Crippen LogP contribution in [0.3, 0.4) is 0 Å². The first-order valence-electron chi connectivity index (χ1n) is 32.0. The van der Waals surface area contributed by atoms with Crippen LogP contribution in [0.4, 0.5) is 0 Å². The first kappa shape index (κ1) is 74.0. The fraction of sp³-hybridized carbons (Fsp3) is 0.603. The summed E-state index contributed by atoms with van der Waals surface area (Å²) < 4.78 is 16.8. The quantitative estimate of drug-likeness (QED) is 0.0261. The third-order valence-corrected chi connectivity index (χ3v) is 13.0. The van der Waals surface area contributed by atoms with Gasteiger partial charge < -0.3 is 14.2 Å². The molecule has 1 atom stereocenters. The minimum absolute atomic E-state index is 0.122. The van der Waals surface area contributed by atoms with E-state index in [2.05, 4.69) is 179 Å². The molecule has 0 aliphatic carbocycles. The van der Waals surface area contributed by atoms with Crippen molar-refractivity contribution in [3.05, 3.63) is 158 Å². The average molecular weight is 1090 g/mol. The predicted molar refractivity (Wildman–Crippen MR) is 343 cm³/mol. The Balaban J connectivity index is 4.50. The highest BCUT2D eigenvalue weighted by Crippen LogP contribution is 2.15. The molecule has 6 nitrogen and oxygen atoms in total. The second kappa shape index (κ2) is 65.5. The Kier molecular flexibility index (Phi) is 61.4. The molecule has 0 amide bonds. The monoisotopic (exact) mass is 1090 g/mol. The van der Waals surface area contributed by atoms with Crippen molar-refractivity contribution in [3.8, 4) is 0 Å². The minimum Gasteiger partial charge on any atom is -0.462 e. The fourth-order valence-electron chi connectivity index (χ4n) is 8.32. The van der Waals surface area contributed by atoms with Crippen molar-refractivity contribution in [2.75, 3.05) is 13.2 Å². The maximum atomic E-state index is 12.9. The summed E-state index contributed by atoms with van der Waals surface area (Å²) in [4.78, 5) is 38.3. The van der Waals surface area contributed by atoms with E-state index in [1.165, 1.54) is 89.9 Å². The summed E-state index contributed by atoms with van der Waals surface area (Å²) >= 11 is 0. The zero-order chi connectivity index (χ0) is 57.1. The minimum atomic E-state index is -0.825. The van der Waals surface area contributed by atoms with Crippen LogP contribution in [0.5, 0.6) is 0 Å². The van der Waals surface area contributed by atoms with Crippen LogP contribution < -0.4 is 0 Å². The number of esters is 3. The summed E-state index contributed by atoms with van der Waals surface area (Å²) in [6.45, 7) is 6.33. The molecule has 0 aliphatic rings. The van der Waals surface area contributed by atoms with Crippen LogP contribution in [0, 0.1) is 0 Å². The normalized spacial score (nSPS) is 13.2. The van der Waals surface area contributed by atoms with Gasteiger partial charge in [0.2, 0.25) is 0 Å². The zero-order valence-electron chi connectivity index (χ0n) is 50.8. The topological polar surface area (TPSA) is 78.9 Å². The third kappa shape index (κ3) is 63.7. The molecule has 0 rings (SSSR count). The van der Waals surface area contributed by atoms with E-state index in [1.54, 1.807) is 0 Å². The molecule has 0 radical (unpaired) electrons. The molecule has 0 bridgehead atoms. The maximum Gasteiger partial charge on any atom is 0.306 e. The van der Waals surface area contributed by atoms with Crippen molar-refractivity contribution in [2.45, 2.75) is 271 Å². The molecule has 0 aromatic heterocycles. The van der Waals surface area contributed by atoms with Crippen molar-refractivity contribution in [2.24, 2.45) is 0 Å². The van der Waals surface area contributed by atoms with Crippen LogP contribution in [0.25, 0.3) is 0 Å². The van der Waals surface area contributed by atoms with E-state index < -0.39 is 6.10 Å². The lowest BCUT2D eigenvalue weighted by Gasteiger charge is -2.18. The van der Waals surface area contributed by atoms with Gasteiger partial charge in [-0.1, -0.05) is 281 Å². The summed E-state index contributed by atoms with van der Waals surface area (Å²) in [5.41, 5.74) is 0. The van der Waals surface area contributed by atoms with Gasteiger partial charge in [0.25, 0.3) is 0 Å². The van der Waals surface area contributed by atoms with Gasteiger partial charge in [-0.15, -0.1) is 0 Å². The molecule has 79 heavy (non-hydrogen) atoms. The van der Waals surface area contributed by atoms with Crippen LogP contribution in [0.15, 0.2) is 158 Å². The molecule has 0 aromatic rings. The van der Waals surface area contributed by atoms with Gasteiger partial charge in [-0.2, -0.15) is 0 Å². The van der Waals surface area contributed by atoms with E-state index in [0.717, 1.165) is 122 Å². The molecule has 444 valence electrons. The fourth-order valence-corrected chi connectivity index (χ4v) is 8.32. The van der Waals surface area contributed by atoms with E-state index >= 15 is 0 Å². The second-order valence-corrected chi connectivity index (χ2v) is 20.6. The van der Waals surface area contributed by atoms with Crippen molar-refractivity contribution in [3.63, 3.8) is 0 Å². The molecule has 0 N–H and O–H groups in total. The van der Waals surface area contributed by atoms with Gasteiger partial charge in [0.1, 0.15) is 13.2 Å². The highest BCUT2D eigenvalue weighted by molar-refractivity contribution is 5.71. The van der Waals surface area contributed by atoms with E-state index in [9.17, 15) is 14.4 Å². The molecule has 0 saturated heterocycles. The largest absolute Gasteiger partial charge is 0.462 e. The van der Waals surface area contributed by atoms with E-state index in [-0.39, 0.29) is 37.5 Å². The zero-order valence-corrected chi connectivity index (χ0v) is 50.8. The molecule has 0 spiro atoms. The summed E-state index contributed by atoms with van der Waals surface area (Å²) in [5.74, 6) is -1.02. The number of carbonyl (C=O) groups excluding carboxylic acids is 3. The molecule has 0 fully saturated rings. The number of ether oxygens (including phenoxy) is 3. The van der Waals surface area contributed by atoms with Gasteiger partial charge in [-0.3, -0.25) is 14.4 Å². The van der Waals surface area contributed by atoms with Crippen molar-refractivity contribution >= 4 is 17.9 Å². The molecular formula is C73H116O6. The first-order valence-corrected chi connectivity index (χ1v) is 32.0. The Morgan fingerprint density at radius 1 is 0.266 bits per heavy atom. The van der Waals surface area contributed by atoms with Crippen LogP contribution in [0.1, 0.15) is 265 Å². The highest BCUT2D eigenvalue weighted by atomic mass is 16.6. The van der Waals surface area contributed by atoms with E-state index in [1.807, 2.05) is 0 Å². The van der Waals surface area contributed by atoms with Crippen molar-refractivity contribution in [1.29, 1.82) is 0 Å². The first-order chi connectivity index (χ1) is 39.0. The van der Waals surface area contributed by atoms with Crippen molar-refractivity contribution < 1.29 is 28.6 Å². The molecule has 1 unspecified atom stereocenters. The van der Waals surface area contributed by atoms with Gasteiger partial charge in [-0.05, 0) is 122 Å². The predicted octanol–water partition coefficient (Wildman–Crippen LogP) is 22.1. The molecule has 6 heteroatoms. The lowest BCUT2D eigenvalue weighted by atomic mass is 10.0. The number of allylic oxidation sites excluding steroid dienone is 26. The maximum absolute atomic E-state index is 12.9. The molecule has 0 saturated carbocycles. The standard InChI is InChI=1S/C73H116O6/c1-4-7-10-13-16-19-22-25-28-30-31-32-33-34-35-36-37-38-39-40-41-43-45-48-51-54-57-60-63-66-72(75)78-69-70(68-77-71(74)65-62-59-56-53-50-47-44-27-24-21-18-15-12-9-6-3)79-73(76)67-64-61-58-55-52-49-46-42-29-26-23-20-17-14-11-8-5-2/h7,9-10,12,16,18-19,21,25,27-28,31-32,34-35,37-38,40-41,44-45,48,50,53-54,57,70H,4-6,8,11,13-15,17,20,22-24,26,29-30,33,36,39,42-43,46-47,49,51-52,55-56,58-69H2,1-3H3/b10-7-,12-9-,19-16-,21-18-,28-25-,32-31-,35-34-,38-37-,41-40-,44-27-,48-45-,53-50-,57-54-. The van der Waals surface area contributed by atoms with Gasteiger partial charge in [-0.25, -0.2) is 0 Å². The SMILES string of the molecule is CC/C=C\C/C=C\C/C=C\C/C=C\C/C=C\C/C=C\C/C=C\C/C=C\C/C=C\CCCC(=O)OCC(COC(=O)CCCC/C=C\C/C=C\C/C=C\C/C=C\CC)OC(=O)CCCCCCCCCCCCCCCCCCC. The van der Waals surface area contributed by atoms with Gasteiger partial charge in [0, 0.05) is 19.3 Å². The summed E-state index contributed by atoms with van der Waals surface area (Å²) in [5, 5.41) is 0. The lowest BCUT2D eigenvalue weighted by molar-refractivity contribution is -0.167. The van der Waals surface area contributed by atoms with Gasteiger partial charge in [0.05, 0.1) is 0 Å². The molecule has 0 aromatic carbocycles. The Bertz CT molecular complexity index is 1780. The van der Waals surface area contributed by atoms with Crippen LogP contribution in [-0.2, 0) is 28.6 Å². The Morgan fingerprint density at radius 2 is 0.506 bits per heavy atom. The van der Waals surface area contributed by atoms with Crippen LogP contribution >= 0.6 is 0 Å². The molecule has 0 aliphatic heterocycles. The highest BCUT2D eigenvalue weighted by Gasteiger charge is 2.19. The Labute approximate surface area is 486 Å². The number of rotatable bonds is 56. The van der Waals surface area contributed by atoms with Crippen molar-refractivity contribution in [1.82, 2.24) is 0 Å². The second-order valence-electron chi connectivity index (χ2n) is 20.6. The summed E-state index contributed by atoms with van der Waals surface area (Å²) in [6.07, 6.45) is 95.4. The van der Waals surface area contributed by atoms with Gasteiger partial charge >= 0.3 is 17.9 Å². The van der Waals surface area contributed by atoms with E-state index in [0.29, 0.717) is 25.7 Å². The average Bonchev–Trinajstić information content (AvgIpc) is 3.45. The summed E-state index contributed by atoms with van der Waals surface area (Å²) in [6, 6.07) is 0.